The molecule has 1 aliphatic rings. The summed E-state index contributed by atoms with van der Waals surface area (Å²) >= 11 is 0. The summed E-state index contributed by atoms with van der Waals surface area (Å²) in [7, 11) is 3.61. The quantitative estimate of drug-likeness (QED) is 0.216. The zero-order valence-electron chi connectivity index (χ0n) is 15.7. The number of halogens is 1. The summed E-state index contributed by atoms with van der Waals surface area (Å²) in [4.78, 5) is 6.79. The molecule has 1 aliphatic heterocycles. The van der Waals surface area contributed by atoms with Gasteiger partial charge in [0.15, 0.2) is 5.96 Å². The molecule has 24 heavy (non-hydrogen) atoms. The van der Waals surface area contributed by atoms with Crippen LogP contribution in [-0.2, 0) is 9.47 Å². The van der Waals surface area contributed by atoms with E-state index in [9.17, 15) is 0 Å². The van der Waals surface area contributed by atoms with Crippen molar-refractivity contribution in [2.24, 2.45) is 10.9 Å². The number of likely N-dealkylation sites (tertiary alicyclic amines) is 1. The molecule has 6 nitrogen and oxygen atoms in total. The van der Waals surface area contributed by atoms with Crippen LogP contribution in [0.25, 0.3) is 0 Å². The lowest BCUT2D eigenvalue weighted by Gasteiger charge is -2.32. The molecule has 1 rings (SSSR count). The second-order valence-corrected chi connectivity index (χ2v) is 6.06. The van der Waals surface area contributed by atoms with Crippen molar-refractivity contribution >= 4 is 29.9 Å². The van der Waals surface area contributed by atoms with E-state index < -0.39 is 0 Å². The molecule has 1 saturated heterocycles. The summed E-state index contributed by atoms with van der Waals surface area (Å²) in [5, 5.41) is 6.84. The average Bonchev–Trinajstić information content (AvgIpc) is 2.59. The molecule has 7 heteroatoms. The molecule has 0 radical (unpaired) electrons. The lowest BCUT2D eigenvalue weighted by molar-refractivity contribution is 0.121. The van der Waals surface area contributed by atoms with Crippen LogP contribution in [0.1, 0.15) is 32.6 Å². The average molecular weight is 456 g/mol. The maximum Gasteiger partial charge on any atom is 0.190 e. The van der Waals surface area contributed by atoms with Crippen LogP contribution >= 0.6 is 24.0 Å². The fourth-order valence-electron chi connectivity index (χ4n) is 2.78. The summed E-state index contributed by atoms with van der Waals surface area (Å²) < 4.78 is 10.5. The largest absolute Gasteiger partial charge is 0.383 e. The molecule has 0 unspecified atom stereocenters. The van der Waals surface area contributed by atoms with Crippen molar-refractivity contribution in [1.29, 1.82) is 0 Å². The molecule has 0 bridgehead atoms. The number of nitrogens with zero attached hydrogens (tertiary/aromatic N) is 2. The number of ether oxygens (including phenoxy) is 2. The topological polar surface area (TPSA) is 58.1 Å². The zero-order chi connectivity index (χ0) is 16.8. The minimum atomic E-state index is 0. The smallest absolute Gasteiger partial charge is 0.190 e. The Kier molecular flexibility index (Phi) is 16.3. The third-order valence-corrected chi connectivity index (χ3v) is 4.31. The SMILES string of the molecule is CCOCCCCNC(=NC)NCC1CCN(CCOC)CC1.I. The number of guanidine groups is 1. The van der Waals surface area contributed by atoms with E-state index in [0.717, 1.165) is 64.2 Å². The zero-order valence-corrected chi connectivity index (χ0v) is 18.0. The van der Waals surface area contributed by atoms with Gasteiger partial charge in [0, 0.05) is 47.0 Å². The highest BCUT2D eigenvalue weighted by molar-refractivity contribution is 14.0. The van der Waals surface area contributed by atoms with Gasteiger partial charge in [0.1, 0.15) is 0 Å². The summed E-state index contributed by atoms with van der Waals surface area (Å²) in [5.74, 6) is 1.66. The maximum atomic E-state index is 5.34. The monoisotopic (exact) mass is 456 g/mol. The van der Waals surface area contributed by atoms with E-state index in [1.165, 1.54) is 25.9 Å². The molecule has 0 atom stereocenters. The van der Waals surface area contributed by atoms with Gasteiger partial charge in [-0.05, 0) is 51.6 Å². The highest BCUT2D eigenvalue weighted by atomic mass is 127. The van der Waals surface area contributed by atoms with Crippen molar-refractivity contribution < 1.29 is 9.47 Å². The molecule has 1 fully saturated rings. The van der Waals surface area contributed by atoms with Crippen molar-refractivity contribution in [3.05, 3.63) is 0 Å². The lowest BCUT2D eigenvalue weighted by atomic mass is 9.97. The van der Waals surface area contributed by atoms with Crippen LogP contribution in [0, 0.1) is 5.92 Å². The number of unbranched alkanes of at least 4 members (excludes halogenated alkanes) is 1. The number of hydrogen-bond acceptors (Lipinski definition) is 4. The summed E-state index contributed by atoms with van der Waals surface area (Å²) in [6, 6.07) is 0. The van der Waals surface area contributed by atoms with Gasteiger partial charge < -0.3 is 25.0 Å². The van der Waals surface area contributed by atoms with Gasteiger partial charge in [-0.2, -0.15) is 0 Å². The third-order valence-electron chi connectivity index (χ3n) is 4.31. The number of piperidine rings is 1. The van der Waals surface area contributed by atoms with Crippen LogP contribution in [0.2, 0.25) is 0 Å². The second-order valence-electron chi connectivity index (χ2n) is 6.06. The van der Waals surface area contributed by atoms with Gasteiger partial charge in [-0.3, -0.25) is 4.99 Å². The standard InChI is InChI=1S/C17H36N4O2.HI/c1-4-23-13-6-5-9-19-17(18-2)20-15-16-7-10-21(11-8-16)12-14-22-3;/h16H,4-15H2,1-3H3,(H2,18,19,20);1H. The Morgan fingerprint density at radius 3 is 2.54 bits per heavy atom. The van der Waals surface area contributed by atoms with Crippen LogP contribution < -0.4 is 10.6 Å². The molecule has 0 aromatic heterocycles. The van der Waals surface area contributed by atoms with E-state index in [0.29, 0.717) is 0 Å². The van der Waals surface area contributed by atoms with Gasteiger partial charge in [0.2, 0.25) is 0 Å². The summed E-state index contributed by atoms with van der Waals surface area (Å²) in [6.45, 7) is 9.90. The van der Waals surface area contributed by atoms with Crippen molar-refractivity contribution in [2.45, 2.75) is 32.6 Å². The third kappa shape index (κ3) is 11.4. The highest BCUT2D eigenvalue weighted by Gasteiger charge is 2.18. The number of rotatable bonds is 11. The lowest BCUT2D eigenvalue weighted by Crippen LogP contribution is -2.43. The normalized spacial score (nSPS) is 16.7. The number of hydrogen-bond donors (Lipinski definition) is 2. The van der Waals surface area contributed by atoms with E-state index in [1.807, 2.05) is 14.0 Å². The van der Waals surface area contributed by atoms with E-state index in [-0.39, 0.29) is 24.0 Å². The Hall–Kier alpha value is -0.120. The summed E-state index contributed by atoms with van der Waals surface area (Å²) in [6.07, 6.45) is 4.71. The van der Waals surface area contributed by atoms with E-state index >= 15 is 0 Å². The second kappa shape index (κ2) is 16.4. The minimum Gasteiger partial charge on any atom is -0.383 e. The molecule has 0 aromatic rings. The van der Waals surface area contributed by atoms with E-state index in [2.05, 4.69) is 20.5 Å². The number of aliphatic imine (C=N–C) groups is 1. The predicted octanol–water partition coefficient (Wildman–Crippen LogP) is 1.94. The van der Waals surface area contributed by atoms with Crippen LogP contribution in [0.15, 0.2) is 4.99 Å². The van der Waals surface area contributed by atoms with Crippen molar-refractivity contribution in [2.75, 3.05) is 66.7 Å². The first-order valence-electron chi connectivity index (χ1n) is 9.03. The Morgan fingerprint density at radius 1 is 1.17 bits per heavy atom. The Bertz CT molecular complexity index is 311. The Labute approximate surface area is 165 Å². The van der Waals surface area contributed by atoms with Crippen LogP contribution in [0.4, 0.5) is 0 Å². The molecular weight excluding hydrogens is 419 g/mol. The van der Waals surface area contributed by atoms with Crippen LogP contribution in [0.3, 0.4) is 0 Å². The van der Waals surface area contributed by atoms with Gasteiger partial charge >= 0.3 is 0 Å². The molecule has 0 aromatic carbocycles. The minimum absolute atomic E-state index is 0. The molecule has 2 N–H and O–H groups in total. The fourth-order valence-corrected chi connectivity index (χ4v) is 2.78. The number of nitrogens with one attached hydrogen (secondary N) is 2. The molecular formula is C17H37IN4O2. The van der Waals surface area contributed by atoms with Gasteiger partial charge in [-0.15, -0.1) is 24.0 Å². The van der Waals surface area contributed by atoms with E-state index in [4.69, 9.17) is 9.47 Å². The summed E-state index contributed by atoms with van der Waals surface area (Å²) in [5.41, 5.74) is 0. The Balaban J connectivity index is 0.00000529. The van der Waals surface area contributed by atoms with Gasteiger partial charge in [0.05, 0.1) is 6.61 Å². The molecule has 0 saturated carbocycles. The van der Waals surface area contributed by atoms with Crippen LogP contribution in [-0.4, -0.2) is 77.6 Å². The van der Waals surface area contributed by atoms with Crippen molar-refractivity contribution in [1.82, 2.24) is 15.5 Å². The maximum absolute atomic E-state index is 5.34. The Morgan fingerprint density at radius 2 is 1.92 bits per heavy atom. The first kappa shape index (κ1) is 23.9. The first-order chi connectivity index (χ1) is 11.3. The molecule has 0 spiro atoms. The van der Waals surface area contributed by atoms with Gasteiger partial charge in [-0.1, -0.05) is 0 Å². The first-order valence-corrected chi connectivity index (χ1v) is 9.03. The van der Waals surface area contributed by atoms with Crippen molar-refractivity contribution in [3.63, 3.8) is 0 Å². The number of methoxy groups -OCH3 is 1. The fraction of sp³-hybridized carbons (Fsp3) is 0.941. The predicted molar refractivity (Wildman–Crippen MR) is 112 cm³/mol. The highest BCUT2D eigenvalue weighted by Crippen LogP contribution is 2.15. The van der Waals surface area contributed by atoms with Gasteiger partial charge in [0.25, 0.3) is 0 Å². The molecule has 144 valence electrons. The molecule has 0 aliphatic carbocycles. The molecule has 1 heterocycles. The van der Waals surface area contributed by atoms with Gasteiger partial charge in [-0.25, -0.2) is 0 Å². The van der Waals surface area contributed by atoms with Crippen LogP contribution in [0.5, 0.6) is 0 Å². The van der Waals surface area contributed by atoms with Crippen molar-refractivity contribution in [3.8, 4) is 0 Å². The molecule has 0 amide bonds. The van der Waals surface area contributed by atoms with E-state index in [1.54, 1.807) is 7.11 Å².